The molecule has 1 N–H and O–H groups in total. The van der Waals surface area contributed by atoms with Crippen LogP contribution in [0.15, 0.2) is 36.8 Å². The molecule has 0 unspecified atom stereocenters. The summed E-state index contributed by atoms with van der Waals surface area (Å²) < 4.78 is 4.93. The van der Waals surface area contributed by atoms with Crippen LogP contribution in [0.2, 0.25) is 0 Å². The normalized spacial score (nSPS) is 14.4. The van der Waals surface area contributed by atoms with E-state index in [-0.39, 0.29) is 5.91 Å². The first kappa shape index (κ1) is 17.1. The first-order chi connectivity index (χ1) is 12.3. The lowest BCUT2D eigenvalue weighted by molar-refractivity contribution is 0.0932. The lowest BCUT2D eigenvalue weighted by Gasteiger charge is -2.36. The number of nitrogens with zero attached hydrogens (tertiary/aromatic N) is 5. The highest BCUT2D eigenvalue weighted by Crippen LogP contribution is 2.17. The molecule has 2 aromatic heterocycles. The quantitative estimate of drug-likeness (QED) is 0.769. The smallest absolute Gasteiger partial charge is 0.270 e. The van der Waals surface area contributed by atoms with E-state index < -0.39 is 0 Å². The van der Waals surface area contributed by atoms with Crippen LogP contribution in [0, 0.1) is 0 Å². The number of carbonyl (C=O) groups excluding carboxylic acids is 1. The highest BCUT2D eigenvalue weighted by atomic mass is 16.5. The van der Waals surface area contributed by atoms with Crippen LogP contribution in [0.5, 0.6) is 0 Å². The van der Waals surface area contributed by atoms with Crippen LogP contribution in [-0.4, -0.2) is 67.3 Å². The zero-order chi connectivity index (χ0) is 17.5. The molecule has 25 heavy (non-hydrogen) atoms. The molecule has 1 aliphatic heterocycles. The van der Waals surface area contributed by atoms with Crippen molar-refractivity contribution in [2.45, 2.75) is 0 Å². The summed E-state index contributed by atoms with van der Waals surface area (Å²) in [6.07, 6.45) is 3.24. The molecule has 1 fully saturated rings. The van der Waals surface area contributed by atoms with Crippen molar-refractivity contribution >= 4 is 17.5 Å². The third kappa shape index (κ3) is 4.42. The molecule has 2 aromatic rings. The molecule has 3 heterocycles. The molecule has 3 rings (SSSR count). The lowest BCUT2D eigenvalue weighted by Crippen LogP contribution is -2.47. The van der Waals surface area contributed by atoms with E-state index in [0.29, 0.717) is 18.8 Å². The number of ether oxygens (including phenoxy) is 1. The predicted molar refractivity (Wildman–Crippen MR) is 94.9 cm³/mol. The molecule has 0 aromatic carbocycles. The highest BCUT2D eigenvalue weighted by Gasteiger charge is 2.20. The Morgan fingerprint density at radius 3 is 2.56 bits per heavy atom. The van der Waals surface area contributed by atoms with E-state index in [9.17, 15) is 4.79 Å². The second-order valence-corrected chi connectivity index (χ2v) is 5.67. The third-order valence-electron chi connectivity index (χ3n) is 4.05. The van der Waals surface area contributed by atoms with Crippen LogP contribution >= 0.6 is 0 Å². The minimum absolute atomic E-state index is 0.215. The number of hydrogen-bond acceptors (Lipinski definition) is 7. The van der Waals surface area contributed by atoms with Gasteiger partial charge in [-0.05, 0) is 12.1 Å². The Morgan fingerprint density at radius 2 is 1.88 bits per heavy atom. The number of hydrogen-bond donors (Lipinski definition) is 1. The van der Waals surface area contributed by atoms with Gasteiger partial charge in [0, 0.05) is 52.1 Å². The van der Waals surface area contributed by atoms with E-state index >= 15 is 0 Å². The maximum atomic E-state index is 12.1. The first-order valence-electron chi connectivity index (χ1n) is 8.28. The number of amides is 1. The van der Waals surface area contributed by atoms with Crippen LogP contribution in [0.25, 0.3) is 0 Å². The lowest BCUT2D eigenvalue weighted by atomic mass is 10.2. The average Bonchev–Trinajstić information content (AvgIpc) is 2.69. The summed E-state index contributed by atoms with van der Waals surface area (Å²) in [5.74, 6) is 1.54. The summed E-state index contributed by atoms with van der Waals surface area (Å²) in [4.78, 5) is 29.3. The summed E-state index contributed by atoms with van der Waals surface area (Å²) >= 11 is 0. The molecule has 0 radical (unpaired) electrons. The Hall–Kier alpha value is -2.74. The number of piperazine rings is 1. The van der Waals surface area contributed by atoms with Gasteiger partial charge in [-0.25, -0.2) is 15.0 Å². The fourth-order valence-corrected chi connectivity index (χ4v) is 2.71. The Bertz CT molecular complexity index is 689. The minimum Gasteiger partial charge on any atom is -0.383 e. The van der Waals surface area contributed by atoms with Gasteiger partial charge in [-0.1, -0.05) is 6.07 Å². The van der Waals surface area contributed by atoms with Crippen molar-refractivity contribution in [2.24, 2.45) is 0 Å². The third-order valence-corrected chi connectivity index (χ3v) is 4.05. The Kier molecular flexibility index (Phi) is 5.73. The monoisotopic (exact) mass is 342 g/mol. The van der Waals surface area contributed by atoms with Crippen molar-refractivity contribution in [3.8, 4) is 0 Å². The molecule has 8 heteroatoms. The molecule has 0 spiro atoms. The maximum absolute atomic E-state index is 12.1. The number of aromatic nitrogens is 3. The molecule has 1 saturated heterocycles. The standard InChI is InChI=1S/C17H22N6O2/c1-25-11-6-19-17(24)14-12-16(21-13-20-14)23-9-7-22(8-10-23)15-4-2-3-5-18-15/h2-5,12-13H,6-11H2,1H3,(H,19,24). The zero-order valence-corrected chi connectivity index (χ0v) is 14.3. The van der Waals surface area contributed by atoms with Gasteiger partial charge < -0.3 is 19.9 Å². The van der Waals surface area contributed by atoms with Gasteiger partial charge in [-0.15, -0.1) is 0 Å². The van der Waals surface area contributed by atoms with E-state index in [1.54, 1.807) is 19.4 Å². The van der Waals surface area contributed by atoms with Crippen LogP contribution in [-0.2, 0) is 4.74 Å². The molecule has 132 valence electrons. The Balaban J connectivity index is 1.60. The van der Waals surface area contributed by atoms with Crippen LogP contribution in [0.1, 0.15) is 10.5 Å². The van der Waals surface area contributed by atoms with Gasteiger partial charge in [0.15, 0.2) is 0 Å². The molecule has 0 saturated carbocycles. The van der Waals surface area contributed by atoms with E-state index in [1.807, 2.05) is 18.2 Å². The van der Waals surface area contributed by atoms with Gasteiger partial charge in [0.05, 0.1) is 6.61 Å². The second-order valence-electron chi connectivity index (χ2n) is 5.67. The maximum Gasteiger partial charge on any atom is 0.270 e. The topological polar surface area (TPSA) is 83.5 Å². The van der Waals surface area contributed by atoms with Gasteiger partial charge in [-0.3, -0.25) is 4.79 Å². The van der Waals surface area contributed by atoms with Crippen molar-refractivity contribution in [2.75, 3.05) is 56.2 Å². The number of carbonyl (C=O) groups is 1. The average molecular weight is 342 g/mol. The molecule has 1 amide bonds. The summed E-state index contributed by atoms with van der Waals surface area (Å²) in [5, 5.41) is 2.77. The van der Waals surface area contributed by atoms with E-state index in [2.05, 4.69) is 30.1 Å². The van der Waals surface area contributed by atoms with Gasteiger partial charge in [0.2, 0.25) is 0 Å². The van der Waals surface area contributed by atoms with Crippen LogP contribution in [0.4, 0.5) is 11.6 Å². The van der Waals surface area contributed by atoms with E-state index in [1.165, 1.54) is 6.33 Å². The molecule has 0 aliphatic carbocycles. The molecular formula is C17H22N6O2. The Labute approximate surface area is 146 Å². The Morgan fingerprint density at radius 1 is 1.12 bits per heavy atom. The van der Waals surface area contributed by atoms with Gasteiger partial charge >= 0.3 is 0 Å². The number of nitrogens with one attached hydrogen (secondary N) is 1. The number of pyridine rings is 1. The van der Waals surface area contributed by atoms with Crippen molar-refractivity contribution < 1.29 is 9.53 Å². The second kappa shape index (κ2) is 8.39. The summed E-state index contributed by atoms with van der Waals surface area (Å²) in [5.41, 5.74) is 0.369. The van der Waals surface area contributed by atoms with Crippen LogP contribution < -0.4 is 15.1 Å². The SMILES string of the molecule is COCCNC(=O)c1cc(N2CCN(c3ccccn3)CC2)ncn1. The molecule has 8 nitrogen and oxygen atoms in total. The highest BCUT2D eigenvalue weighted by molar-refractivity contribution is 5.92. The molecule has 0 atom stereocenters. The van der Waals surface area contributed by atoms with Crippen LogP contribution in [0.3, 0.4) is 0 Å². The van der Waals surface area contributed by atoms with Gasteiger partial charge in [0.1, 0.15) is 23.7 Å². The van der Waals surface area contributed by atoms with Crippen molar-refractivity contribution in [1.29, 1.82) is 0 Å². The molecule has 0 bridgehead atoms. The van der Waals surface area contributed by atoms with Crippen molar-refractivity contribution in [1.82, 2.24) is 20.3 Å². The van der Waals surface area contributed by atoms with Crippen molar-refractivity contribution in [3.05, 3.63) is 42.5 Å². The number of methoxy groups -OCH3 is 1. The fourth-order valence-electron chi connectivity index (χ4n) is 2.71. The van der Waals surface area contributed by atoms with E-state index in [4.69, 9.17) is 4.74 Å². The minimum atomic E-state index is -0.215. The van der Waals surface area contributed by atoms with E-state index in [0.717, 1.165) is 37.8 Å². The summed E-state index contributed by atoms with van der Waals surface area (Å²) in [7, 11) is 1.60. The fraction of sp³-hybridized carbons (Fsp3) is 0.412. The summed E-state index contributed by atoms with van der Waals surface area (Å²) in [6.45, 7) is 4.28. The largest absolute Gasteiger partial charge is 0.383 e. The number of anilines is 2. The van der Waals surface area contributed by atoms with Gasteiger partial charge in [0.25, 0.3) is 5.91 Å². The molecule has 1 aliphatic rings. The molecular weight excluding hydrogens is 320 g/mol. The first-order valence-corrected chi connectivity index (χ1v) is 8.28. The van der Waals surface area contributed by atoms with Crippen molar-refractivity contribution in [3.63, 3.8) is 0 Å². The zero-order valence-electron chi connectivity index (χ0n) is 14.3. The summed E-state index contributed by atoms with van der Waals surface area (Å²) in [6, 6.07) is 7.66. The predicted octanol–water partition coefficient (Wildman–Crippen LogP) is 0.574. The van der Waals surface area contributed by atoms with Gasteiger partial charge in [-0.2, -0.15) is 0 Å². The number of rotatable bonds is 6.